The van der Waals surface area contributed by atoms with Crippen LogP contribution in [0.2, 0.25) is 0 Å². The van der Waals surface area contributed by atoms with E-state index in [9.17, 15) is 0 Å². The van der Waals surface area contributed by atoms with Crippen LogP contribution < -0.4 is 0 Å². The molecule has 0 unspecified atom stereocenters. The van der Waals surface area contributed by atoms with Crippen molar-refractivity contribution in [2.24, 2.45) is 0 Å². The lowest BCUT2D eigenvalue weighted by atomic mass is 9.99. The molecule has 10 rings (SSSR count). The van der Waals surface area contributed by atoms with Crippen LogP contribution in [0.5, 0.6) is 0 Å². The fraction of sp³-hybridized carbons (Fsp3) is 0. The summed E-state index contributed by atoms with van der Waals surface area (Å²) < 4.78 is 2.18. The zero-order valence-electron chi connectivity index (χ0n) is 29.7. The molecule has 0 spiro atoms. The largest absolute Gasteiger partial charge is 0.278 e. The van der Waals surface area contributed by atoms with Crippen molar-refractivity contribution in [1.82, 2.24) is 29.5 Å². The van der Waals surface area contributed by atoms with Gasteiger partial charge in [-0.15, -0.1) is 0 Å². The van der Waals surface area contributed by atoms with Gasteiger partial charge in [0.2, 0.25) is 5.95 Å². The second kappa shape index (κ2) is 13.8. The minimum Gasteiger partial charge on any atom is -0.278 e. The SMILES string of the molecule is c1ccc(-c2cc(-c3cccc(-c4cccc(-c5nc(-c6ccccc6)nc(-c6ccccc6)n5)c4)c3)nc(-n3c4ccccc4c4ccccc43)n2)cc1. The summed E-state index contributed by atoms with van der Waals surface area (Å²) in [7, 11) is 0. The Bertz CT molecular complexity index is 2860. The van der Waals surface area contributed by atoms with Gasteiger partial charge < -0.3 is 0 Å². The highest BCUT2D eigenvalue weighted by Crippen LogP contribution is 2.35. The third kappa shape index (κ3) is 6.11. The fourth-order valence-electron chi connectivity index (χ4n) is 7.21. The third-order valence-corrected chi connectivity index (χ3v) is 9.88. The first-order valence-electron chi connectivity index (χ1n) is 18.3. The molecule has 7 aromatic carbocycles. The zero-order valence-corrected chi connectivity index (χ0v) is 29.7. The van der Waals surface area contributed by atoms with Crippen molar-refractivity contribution >= 4 is 21.8 Å². The van der Waals surface area contributed by atoms with Gasteiger partial charge in [0.05, 0.1) is 22.4 Å². The molecule has 0 aliphatic rings. The molecule has 6 heteroatoms. The topological polar surface area (TPSA) is 69.4 Å². The van der Waals surface area contributed by atoms with Crippen molar-refractivity contribution in [3.63, 3.8) is 0 Å². The van der Waals surface area contributed by atoms with Crippen LogP contribution in [-0.4, -0.2) is 29.5 Å². The third-order valence-electron chi connectivity index (χ3n) is 9.88. The smallest absolute Gasteiger partial charge is 0.235 e. The Labute approximate surface area is 318 Å². The molecule has 55 heavy (non-hydrogen) atoms. The van der Waals surface area contributed by atoms with Crippen molar-refractivity contribution in [3.8, 4) is 73.8 Å². The first kappa shape index (κ1) is 32.1. The second-order valence-corrected chi connectivity index (χ2v) is 13.4. The predicted octanol–water partition coefficient (Wildman–Crippen LogP) is 11.8. The zero-order chi connectivity index (χ0) is 36.6. The standard InChI is InChI=1S/C49H32N6/c1-4-16-33(17-5-1)42-32-43(51-49(50-42)55-44-28-12-10-26-40(44)41-27-11-13-29-45(41)55)38-24-14-22-36(30-38)37-23-15-25-39(31-37)48-53-46(34-18-6-2-7-19-34)52-47(54-48)35-20-8-3-9-21-35/h1-32H. The molecule has 3 heterocycles. The molecule has 0 aliphatic heterocycles. The van der Waals surface area contributed by atoms with Crippen LogP contribution in [0, 0.1) is 0 Å². The van der Waals surface area contributed by atoms with Gasteiger partial charge in [-0.25, -0.2) is 24.9 Å². The minimum atomic E-state index is 0.616. The van der Waals surface area contributed by atoms with Gasteiger partial charge in [-0.2, -0.15) is 0 Å². The van der Waals surface area contributed by atoms with Crippen LogP contribution in [0.25, 0.3) is 95.6 Å². The number of rotatable bonds is 7. The summed E-state index contributed by atoms with van der Waals surface area (Å²) in [6, 6.07) is 66.3. The van der Waals surface area contributed by atoms with Gasteiger partial charge in [-0.1, -0.05) is 164 Å². The van der Waals surface area contributed by atoms with Crippen molar-refractivity contribution in [2.75, 3.05) is 0 Å². The average molecular weight is 705 g/mol. The molecule has 10 aromatic rings. The van der Waals surface area contributed by atoms with Gasteiger partial charge >= 0.3 is 0 Å². The maximum absolute atomic E-state index is 5.27. The first-order valence-corrected chi connectivity index (χ1v) is 18.3. The predicted molar refractivity (Wildman–Crippen MR) is 222 cm³/mol. The van der Waals surface area contributed by atoms with E-state index in [1.807, 2.05) is 78.9 Å². The van der Waals surface area contributed by atoms with E-state index in [2.05, 4.69) is 120 Å². The lowest BCUT2D eigenvalue weighted by Gasteiger charge is -2.13. The van der Waals surface area contributed by atoms with Crippen LogP contribution in [0.1, 0.15) is 0 Å². The van der Waals surface area contributed by atoms with Gasteiger partial charge in [0.15, 0.2) is 17.5 Å². The highest BCUT2D eigenvalue weighted by Gasteiger charge is 2.17. The van der Waals surface area contributed by atoms with E-state index in [4.69, 9.17) is 24.9 Å². The fourth-order valence-corrected chi connectivity index (χ4v) is 7.21. The van der Waals surface area contributed by atoms with Crippen molar-refractivity contribution in [1.29, 1.82) is 0 Å². The van der Waals surface area contributed by atoms with Crippen LogP contribution in [0.3, 0.4) is 0 Å². The Balaban J connectivity index is 1.09. The average Bonchev–Trinajstić information content (AvgIpc) is 3.61. The highest BCUT2D eigenvalue weighted by atomic mass is 15.2. The summed E-state index contributed by atoms with van der Waals surface area (Å²) in [5, 5.41) is 2.33. The van der Waals surface area contributed by atoms with Gasteiger partial charge in [0, 0.05) is 38.6 Å². The molecule has 0 N–H and O–H groups in total. The number of benzene rings is 7. The summed E-state index contributed by atoms with van der Waals surface area (Å²) in [6.45, 7) is 0. The van der Waals surface area contributed by atoms with E-state index >= 15 is 0 Å². The molecule has 0 fully saturated rings. The van der Waals surface area contributed by atoms with E-state index < -0.39 is 0 Å². The number of para-hydroxylation sites is 2. The molecular weight excluding hydrogens is 673 g/mol. The summed E-state index contributed by atoms with van der Waals surface area (Å²) in [6.07, 6.45) is 0. The lowest BCUT2D eigenvalue weighted by molar-refractivity contribution is 0.995. The number of nitrogens with zero attached hydrogens (tertiary/aromatic N) is 6. The number of hydrogen-bond donors (Lipinski definition) is 0. The van der Waals surface area contributed by atoms with E-state index in [-0.39, 0.29) is 0 Å². The summed E-state index contributed by atoms with van der Waals surface area (Å²) in [4.78, 5) is 25.3. The minimum absolute atomic E-state index is 0.616. The monoisotopic (exact) mass is 704 g/mol. The molecule has 0 radical (unpaired) electrons. The maximum Gasteiger partial charge on any atom is 0.235 e. The van der Waals surface area contributed by atoms with E-state index in [0.717, 1.165) is 61.4 Å². The molecule has 0 aliphatic carbocycles. The highest BCUT2D eigenvalue weighted by molar-refractivity contribution is 6.09. The Hall–Kier alpha value is -7.57. The second-order valence-electron chi connectivity index (χ2n) is 13.4. The molecule has 0 saturated heterocycles. The first-order chi connectivity index (χ1) is 27.2. The van der Waals surface area contributed by atoms with Crippen molar-refractivity contribution in [3.05, 3.63) is 194 Å². The van der Waals surface area contributed by atoms with Gasteiger partial charge in [0.1, 0.15) is 0 Å². The number of fused-ring (bicyclic) bond motifs is 3. The Morgan fingerprint density at radius 2 is 0.655 bits per heavy atom. The molecule has 0 atom stereocenters. The van der Waals surface area contributed by atoms with Crippen LogP contribution in [0.4, 0.5) is 0 Å². The van der Waals surface area contributed by atoms with Gasteiger partial charge in [-0.3, -0.25) is 4.57 Å². The molecule has 258 valence electrons. The Morgan fingerprint density at radius 1 is 0.273 bits per heavy atom. The van der Waals surface area contributed by atoms with E-state index in [1.165, 1.54) is 10.8 Å². The Kier molecular flexibility index (Phi) is 8.04. The lowest BCUT2D eigenvalue weighted by Crippen LogP contribution is -2.04. The number of aromatic nitrogens is 6. The molecule has 6 nitrogen and oxygen atoms in total. The van der Waals surface area contributed by atoms with Crippen LogP contribution in [-0.2, 0) is 0 Å². The summed E-state index contributed by atoms with van der Waals surface area (Å²) in [5.74, 6) is 2.51. The van der Waals surface area contributed by atoms with Gasteiger partial charge in [0.25, 0.3) is 0 Å². The van der Waals surface area contributed by atoms with E-state index in [1.54, 1.807) is 0 Å². The summed E-state index contributed by atoms with van der Waals surface area (Å²) >= 11 is 0. The molecule has 0 saturated carbocycles. The maximum atomic E-state index is 5.27. The normalized spacial score (nSPS) is 11.3. The molecule has 0 bridgehead atoms. The van der Waals surface area contributed by atoms with Crippen molar-refractivity contribution < 1.29 is 0 Å². The number of hydrogen-bond acceptors (Lipinski definition) is 5. The Morgan fingerprint density at radius 3 is 1.20 bits per heavy atom. The van der Waals surface area contributed by atoms with E-state index in [0.29, 0.717) is 23.4 Å². The van der Waals surface area contributed by atoms with Gasteiger partial charge in [-0.05, 0) is 41.5 Å². The van der Waals surface area contributed by atoms with Crippen molar-refractivity contribution in [2.45, 2.75) is 0 Å². The van der Waals surface area contributed by atoms with Crippen LogP contribution >= 0.6 is 0 Å². The molecule has 0 amide bonds. The molecular formula is C49H32N6. The summed E-state index contributed by atoms with van der Waals surface area (Å²) in [5.41, 5.74) is 10.7. The van der Waals surface area contributed by atoms with Crippen LogP contribution in [0.15, 0.2) is 194 Å². The molecule has 3 aromatic heterocycles. The quantitative estimate of drug-likeness (QED) is 0.165.